The fourth-order valence-electron chi connectivity index (χ4n) is 3.65. The molecule has 10 nitrogen and oxygen atoms in total. The van der Waals surface area contributed by atoms with Crippen molar-refractivity contribution in [2.45, 2.75) is 37.7 Å². The van der Waals surface area contributed by atoms with E-state index in [4.69, 9.17) is 9.26 Å². The number of likely N-dealkylation sites (tertiary alicyclic amines) is 1. The van der Waals surface area contributed by atoms with E-state index in [9.17, 15) is 18.0 Å². The average molecular weight is 446 g/mol. The van der Waals surface area contributed by atoms with Crippen LogP contribution in [0.2, 0.25) is 0 Å². The number of nitrogens with zero attached hydrogens (tertiary/aromatic N) is 3. The fourth-order valence-corrected chi connectivity index (χ4v) is 4.88. The molecular formula is C20H22N4O6S. The van der Waals surface area contributed by atoms with Gasteiger partial charge >= 0.3 is 5.97 Å². The van der Waals surface area contributed by atoms with E-state index >= 15 is 0 Å². The minimum Gasteiger partial charge on any atom is -0.452 e. The average Bonchev–Trinajstić information content (AvgIpc) is 3.28. The maximum absolute atomic E-state index is 12.7. The van der Waals surface area contributed by atoms with Crippen molar-refractivity contribution in [3.8, 4) is 0 Å². The van der Waals surface area contributed by atoms with Crippen LogP contribution in [0.3, 0.4) is 0 Å². The van der Waals surface area contributed by atoms with Crippen molar-refractivity contribution < 1.29 is 27.3 Å². The number of benzene rings is 1. The molecule has 0 aliphatic carbocycles. The number of carbonyl (C=O) groups excluding carboxylic acids is 2. The van der Waals surface area contributed by atoms with E-state index in [0.29, 0.717) is 36.5 Å². The Morgan fingerprint density at radius 1 is 1.32 bits per heavy atom. The third-order valence-corrected chi connectivity index (χ3v) is 6.53. The lowest BCUT2D eigenvalue weighted by Crippen LogP contribution is -2.44. The molecule has 11 heteroatoms. The van der Waals surface area contributed by atoms with Gasteiger partial charge in [0.2, 0.25) is 5.88 Å². The van der Waals surface area contributed by atoms with Gasteiger partial charge in [-0.25, -0.2) is 0 Å². The molecule has 3 heterocycles. The van der Waals surface area contributed by atoms with Crippen LogP contribution in [0.4, 0.5) is 5.88 Å². The molecule has 0 bridgehead atoms. The third-order valence-electron chi connectivity index (χ3n) is 5.20. The van der Waals surface area contributed by atoms with Gasteiger partial charge in [0.25, 0.3) is 15.9 Å². The summed E-state index contributed by atoms with van der Waals surface area (Å²) in [5.41, 5.74) is 1.15. The van der Waals surface area contributed by atoms with Gasteiger partial charge in [-0.15, -0.1) is 4.40 Å². The van der Waals surface area contributed by atoms with E-state index in [1.165, 1.54) is 13.0 Å². The predicted octanol–water partition coefficient (Wildman–Crippen LogP) is 1.71. The molecule has 0 unspecified atom stereocenters. The van der Waals surface area contributed by atoms with Crippen LogP contribution < -0.4 is 5.32 Å². The number of aryl methyl sites for hydroxylation is 1. The van der Waals surface area contributed by atoms with Crippen molar-refractivity contribution in [1.82, 2.24) is 10.1 Å². The highest BCUT2D eigenvalue weighted by atomic mass is 32.2. The molecule has 1 aromatic heterocycles. The molecule has 0 spiro atoms. The highest BCUT2D eigenvalue weighted by molar-refractivity contribution is 7.90. The van der Waals surface area contributed by atoms with Crippen LogP contribution in [0.15, 0.2) is 44.1 Å². The molecule has 0 saturated carbocycles. The van der Waals surface area contributed by atoms with Crippen molar-refractivity contribution in [3.05, 3.63) is 41.6 Å². The molecule has 31 heavy (non-hydrogen) atoms. The van der Waals surface area contributed by atoms with Crippen molar-refractivity contribution in [3.63, 3.8) is 0 Å². The fraction of sp³-hybridized carbons (Fsp3) is 0.400. The summed E-state index contributed by atoms with van der Waals surface area (Å²) in [6.45, 7) is 4.03. The summed E-state index contributed by atoms with van der Waals surface area (Å²) in [6.07, 6.45) is 0.212. The quantitative estimate of drug-likeness (QED) is 0.702. The number of aromatic nitrogens is 1. The Balaban J connectivity index is 1.41. The second-order valence-corrected chi connectivity index (χ2v) is 9.14. The minimum absolute atomic E-state index is 0.169. The van der Waals surface area contributed by atoms with Crippen LogP contribution in [0.1, 0.15) is 31.0 Å². The lowest BCUT2D eigenvalue weighted by Gasteiger charge is -2.33. The van der Waals surface area contributed by atoms with Crippen LogP contribution >= 0.6 is 0 Å². The number of rotatable bonds is 4. The number of amides is 1. The Labute approximate surface area is 179 Å². The zero-order valence-corrected chi connectivity index (χ0v) is 17.9. The standard InChI is InChI=1S/C20H22N4O6S/c1-12-10-17(30-22-12)21-19(25)13(2)29-20(26)14-6-5-9-24(11-14)18-15-7-3-4-8-16(15)31(27,28)23-18/h3-4,7-8,10,13-14H,5-6,9,11H2,1-2H3,(H,21,25)/t13-,14+/m0/s1. The van der Waals surface area contributed by atoms with E-state index in [0.717, 1.165) is 0 Å². The summed E-state index contributed by atoms with van der Waals surface area (Å²) >= 11 is 0. The summed E-state index contributed by atoms with van der Waals surface area (Å²) in [6, 6.07) is 8.18. The number of esters is 1. The van der Waals surface area contributed by atoms with E-state index in [1.54, 1.807) is 36.1 Å². The smallest absolute Gasteiger partial charge is 0.311 e. The summed E-state index contributed by atoms with van der Waals surface area (Å²) in [5, 5.41) is 6.18. The largest absolute Gasteiger partial charge is 0.452 e. The first-order chi connectivity index (χ1) is 14.7. The van der Waals surface area contributed by atoms with Crippen LogP contribution in [-0.4, -0.2) is 55.4 Å². The van der Waals surface area contributed by atoms with Crippen molar-refractivity contribution in [1.29, 1.82) is 0 Å². The Kier molecular flexibility index (Phi) is 5.52. The monoisotopic (exact) mass is 446 g/mol. The van der Waals surface area contributed by atoms with Crippen LogP contribution in [0, 0.1) is 12.8 Å². The first kappa shape index (κ1) is 21.0. The number of sulfonamides is 1. The molecule has 2 aromatic rings. The molecule has 1 saturated heterocycles. The van der Waals surface area contributed by atoms with Crippen molar-refractivity contribution in [2.75, 3.05) is 18.4 Å². The molecular weight excluding hydrogens is 424 g/mol. The summed E-state index contributed by atoms with van der Waals surface area (Å²) in [5.74, 6) is -1.03. The lowest BCUT2D eigenvalue weighted by molar-refractivity contribution is -0.158. The SMILES string of the molecule is Cc1cc(NC(=O)[C@H](C)OC(=O)[C@@H]2CCCN(C3=NS(=O)(=O)c4ccccc43)C2)on1. The van der Waals surface area contributed by atoms with Gasteiger partial charge in [0.05, 0.1) is 11.6 Å². The maximum atomic E-state index is 12.7. The minimum atomic E-state index is -3.74. The van der Waals surface area contributed by atoms with Gasteiger partial charge in [0, 0.05) is 24.7 Å². The molecule has 2 atom stereocenters. The van der Waals surface area contributed by atoms with E-state index in [-0.39, 0.29) is 17.3 Å². The molecule has 164 valence electrons. The van der Waals surface area contributed by atoms with Gasteiger partial charge in [-0.05, 0) is 38.8 Å². The number of hydrogen-bond donors (Lipinski definition) is 1. The molecule has 0 radical (unpaired) electrons. The molecule has 2 aliphatic heterocycles. The number of carbonyl (C=O) groups is 2. The lowest BCUT2D eigenvalue weighted by atomic mass is 9.97. The molecule has 2 aliphatic rings. The summed E-state index contributed by atoms with van der Waals surface area (Å²) < 4.78 is 38.9. The van der Waals surface area contributed by atoms with Gasteiger partial charge in [0.15, 0.2) is 11.9 Å². The molecule has 1 aromatic carbocycles. The summed E-state index contributed by atoms with van der Waals surface area (Å²) in [7, 11) is -3.74. The van der Waals surface area contributed by atoms with Crippen LogP contribution in [0.5, 0.6) is 0 Å². The van der Waals surface area contributed by atoms with Crippen LogP contribution in [0.25, 0.3) is 0 Å². The first-order valence-corrected chi connectivity index (χ1v) is 11.3. The number of ether oxygens (including phenoxy) is 1. The summed E-state index contributed by atoms with van der Waals surface area (Å²) in [4.78, 5) is 26.9. The van der Waals surface area contributed by atoms with Crippen molar-refractivity contribution >= 4 is 33.6 Å². The predicted molar refractivity (Wildman–Crippen MR) is 110 cm³/mol. The van der Waals surface area contributed by atoms with Gasteiger partial charge < -0.3 is 14.2 Å². The zero-order chi connectivity index (χ0) is 22.2. The van der Waals surface area contributed by atoms with E-state index in [2.05, 4.69) is 14.9 Å². The Morgan fingerprint density at radius 2 is 2.10 bits per heavy atom. The number of anilines is 1. The Morgan fingerprint density at radius 3 is 2.84 bits per heavy atom. The van der Waals surface area contributed by atoms with Gasteiger partial charge in [0.1, 0.15) is 4.90 Å². The number of fused-ring (bicyclic) bond motifs is 1. The second-order valence-electron chi connectivity index (χ2n) is 7.57. The topological polar surface area (TPSA) is 131 Å². The van der Waals surface area contributed by atoms with Crippen molar-refractivity contribution in [2.24, 2.45) is 10.3 Å². The second kappa shape index (κ2) is 8.14. The normalized spacial score (nSPS) is 20.5. The first-order valence-electron chi connectivity index (χ1n) is 9.88. The number of amidine groups is 1. The Bertz CT molecular complexity index is 1160. The number of hydrogen-bond acceptors (Lipinski definition) is 8. The van der Waals surface area contributed by atoms with E-state index in [1.807, 2.05) is 0 Å². The molecule has 1 amide bonds. The van der Waals surface area contributed by atoms with E-state index < -0.39 is 33.9 Å². The number of nitrogens with one attached hydrogen (secondary N) is 1. The van der Waals surface area contributed by atoms with Gasteiger partial charge in [-0.2, -0.15) is 8.42 Å². The number of piperidine rings is 1. The third kappa shape index (κ3) is 4.31. The van der Waals surface area contributed by atoms with Gasteiger partial charge in [-0.3, -0.25) is 14.9 Å². The molecule has 4 rings (SSSR count). The highest BCUT2D eigenvalue weighted by Crippen LogP contribution is 2.30. The highest BCUT2D eigenvalue weighted by Gasteiger charge is 2.36. The maximum Gasteiger partial charge on any atom is 0.311 e. The van der Waals surface area contributed by atoms with Crippen LogP contribution in [-0.2, 0) is 24.3 Å². The van der Waals surface area contributed by atoms with Gasteiger partial charge in [-0.1, -0.05) is 17.3 Å². The molecule has 1 fully saturated rings. The zero-order valence-electron chi connectivity index (χ0n) is 17.1. The molecule has 1 N–H and O–H groups in total. The Hall–Kier alpha value is -3.21.